The molecule has 0 spiro atoms. The molecule has 4 rings (SSSR count). The normalized spacial score (nSPS) is 49.8. The van der Waals surface area contributed by atoms with Gasteiger partial charge in [-0.05, 0) is 55.8 Å². The summed E-state index contributed by atoms with van der Waals surface area (Å²) in [6, 6.07) is 0. The van der Waals surface area contributed by atoms with E-state index in [4.69, 9.17) is 5.84 Å². The molecule has 4 aliphatic carbocycles. The average Bonchev–Trinajstić information content (AvgIpc) is 2.02. The molecule has 2 nitrogen and oxygen atoms in total. The quantitative estimate of drug-likeness (QED) is 0.430. The van der Waals surface area contributed by atoms with Gasteiger partial charge < -0.3 is 5.84 Å². The van der Waals surface area contributed by atoms with Gasteiger partial charge in [0.25, 0.3) is 0 Å². The van der Waals surface area contributed by atoms with Gasteiger partial charge in [-0.15, -0.1) is 0 Å². The van der Waals surface area contributed by atoms with E-state index in [9.17, 15) is 0 Å². The van der Waals surface area contributed by atoms with Crippen molar-refractivity contribution < 1.29 is 0 Å². The highest BCUT2D eigenvalue weighted by Gasteiger charge is 2.46. The number of hydrogen-bond donors (Lipinski definition) is 1. The Morgan fingerprint density at radius 3 is 1.83 bits per heavy atom. The van der Waals surface area contributed by atoms with E-state index in [-0.39, 0.29) is 0 Å². The topological polar surface area (TPSA) is 38.4 Å². The summed E-state index contributed by atoms with van der Waals surface area (Å²) < 4.78 is 0. The summed E-state index contributed by atoms with van der Waals surface area (Å²) in [4.78, 5) is 0. The molecular weight excluding hydrogens is 148 g/mol. The second kappa shape index (κ2) is 2.24. The van der Waals surface area contributed by atoms with Crippen LogP contribution in [0.5, 0.6) is 0 Å². The van der Waals surface area contributed by atoms with Crippen LogP contribution in [0.3, 0.4) is 0 Å². The fourth-order valence-corrected chi connectivity index (χ4v) is 3.88. The van der Waals surface area contributed by atoms with Crippen molar-refractivity contribution in [2.45, 2.75) is 32.1 Å². The Labute approximate surface area is 73.2 Å². The van der Waals surface area contributed by atoms with Crippen molar-refractivity contribution in [2.24, 2.45) is 34.6 Å². The first kappa shape index (κ1) is 6.93. The van der Waals surface area contributed by atoms with Crippen molar-refractivity contribution in [1.82, 2.24) is 0 Å². The van der Waals surface area contributed by atoms with Crippen LogP contribution in [0.15, 0.2) is 5.10 Å². The van der Waals surface area contributed by atoms with Gasteiger partial charge >= 0.3 is 0 Å². The minimum atomic E-state index is 0.784. The molecular formula is C10H16N2. The van der Waals surface area contributed by atoms with Gasteiger partial charge in [0.1, 0.15) is 0 Å². The zero-order valence-electron chi connectivity index (χ0n) is 7.37. The highest BCUT2D eigenvalue weighted by molar-refractivity contribution is 5.90. The summed E-state index contributed by atoms with van der Waals surface area (Å²) in [6.45, 7) is 0. The molecule has 0 atom stereocenters. The Morgan fingerprint density at radius 1 is 0.917 bits per heavy atom. The van der Waals surface area contributed by atoms with Crippen LogP contribution in [0, 0.1) is 23.7 Å². The predicted molar refractivity (Wildman–Crippen MR) is 48.7 cm³/mol. The van der Waals surface area contributed by atoms with Crippen LogP contribution < -0.4 is 5.84 Å². The second-order valence-electron chi connectivity index (χ2n) is 4.86. The lowest BCUT2D eigenvalue weighted by Gasteiger charge is -2.50. The van der Waals surface area contributed by atoms with Crippen molar-refractivity contribution in [3.63, 3.8) is 0 Å². The number of hydrogen-bond acceptors (Lipinski definition) is 2. The van der Waals surface area contributed by atoms with Crippen molar-refractivity contribution >= 4 is 5.71 Å². The third kappa shape index (κ3) is 0.782. The molecule has 0 aromatic carbocycles. The van der Waals surface area contributed by atoms with Crippen molar-refractivity contribution in [3.05, 3.63) is 0 Å². The molecule has 66 valence electrons. The maximum Gasteiger partial charge on any atom is 0.0438 e. The fraction of sp³-hybridized carbons (Fsp3) is 0.900. The molecule has 0 aromatic heterocycles. The van der Waals surface area contributed by atoms with Crippen LogP contribution in [0.2, 0.25) is 0 Å². The van der Waals surface area contributed by atoms with Crippen LogP contribution in [-0.2, 0) is 0 Å². The SMILES string of the molecule is NN=C1C2CC3CC(C2)CC1C3. The Hall–Kier alpha value is -0.530. The number of nitrogens with two attached hydrogens (primary N) is 1. The molecule has 0 amide bonds. The zero-order chi connectivity index (χ0) is 8.13. The standard InChI is InChI=1S/C10H16N2/c11-12-10-8-2-6-1-7(4-8)5-9(10)3-6/h6-9H,1-5,11H2. The van der Waals surface area contributed by atoms with E-state index < -0.39 is 0 Å². The lowest BCUT2D eigenvalue weighted by molar-refractivity contribution is 0.108. The van der Waals surface area contributed by atoms with E-state index in [0.29, 0.717) is 0 Å². The monoisotopic (exact) mass is 164 g/mol. The van der Waals surface area contributed by atoms with Crippen LogP contribution in [0.1, 0.15) is 32.1 Å². The number of rotatable bonds is 0. The van der Waals surface area contributed by atoms with Crippen molar-refractivity contribution in [3.8, 4) is 0 Å². The average molecular weight is 164 g/mol. The van der Waals surface area contributed by atoms with E-state index in [1.54, 1.807) is 0 Å². The first-order chi connectivity index (χ1) is 5.86. The Morgan fingerprint density at radius 2 is 1.42 bits per heavy atom. The number of hydrazone groups is 1. The summed E-state index contributed by atoms with van der Waals surface area (Å²) in [5.74, 6) is 9.06. The molecule has 0 radical (unpaired) electrons. The molecule has 4 bridgehead atoms. The predicted octanol–water partition coefficient (Wildman–Crippen LogP) is 1.76. The van der Waals surface area contributed by atoms with Crippen LogP contribution in [0.4, 0.5) is 0 Å². The van der Waals surface area contributed by atoms with Gasteiger partial charge in [-0.3, -0.25) is 0 Å². The van der Waals surface area contributed by atoms with Gasteiger partial charge in [-0.2, -0.15) is 5.10 Å². The first-order valence-electron chi connectivity index (χ1n) is 5.14. The van der Waals surface area contributed by atoms with E-state index in [0.717, 1.165) is 23.7 Å². The van der Waals surface area contributed by atoms with Crippen LogP contribution in [0.25, 0.3) is 0 Å². The Bertz CT molecular complexity index is 202. The van der Waals surface area contributed by atoms with Gasteiger partial charge in [-0.1, -0.05) is 0 Å². The summed E-state index contributed by atoms with van der Waals surface area (Å²) in [5.41, 5.74) is 1.36. The third-order valence-corrected chi connectivity index (χ3v) is 4.12. The van der Waals surface area contributed by atoms with E-state index in [1.807, 2.05) is 0 Å². The van der Waals surface area contributed by atoms with Gasteiger partial charge in [-0.25, -0.2) is 0 Å². The lowest BCUT2D eigenvalue weighted by atomic mass is 9.55. The molecule has 4 fully saturated rings. The highest BCUT2D eigenvalue weighted by atomic mass is 15.1. The summed E-state index contributed by atoms with van der Waals surface area (Å²) in [6.07, 6.45) is 7.07. The van der Waals surface area contributed by atoms with Crippen LogP contribution in [-0.4, -0.2) is 5.71 Å². The highest BCUT2D eigenvalue weighted by Crippen LogP contribution is 2.52. The molecule has 0 saturated heterocycles. The van der Waals surface area contributed by atoms with E-state index in [2.05, 4.69) is 5.10 Å². The zero-order valence-corrected chi connectivity index (χ0v) is 7.37. The molecule has 0 heterocycles. The summed E-state index contributed by atoms with van der Waals surface area (Å²) in [5, 5.41) is 4.00. The van der Waals surface area contributed by atoms with Gasteiger partial charge in [0.15, 0.2) is 0 Å². The minimum Gasteiger partial charge on any atom is -0.323 e. The summed E-state index contributed by atoms with van der Waals surface area (Å²) >= 11 is 0. The first-order valence-corrected chi connectivity index (χ1v) is 5.14. The summed E-state index contributed by atoms with van der Waals surface area (Å²) in [7, 11) is 0. The maximum atomic E-state index is 5.44. The largest absolute Gasteiger partial charge is 0.323 e. The lowest BCUT2D eigenvalue weighted by Crippen LogP contribution is -2.45. The van der Waals surface area contributed by atoms with Crippen molar-refractivity contribution in [1.29, 1.82) is 0 Å². The molecule has 0 unspecified atom stereocenters. The molecule has 2 heteroatoms. The molecule has 0 aliphatic heterocycles. The van der Waals surface area contributed by atoms with Gasteiger partial charge in [0, 0.05) is 5.71 Å². The van der Waals surface area contributed by atoms with Crippen molar-refractivity contribution in [2.75, 3.05) is 0 Å². The van der Waals surface area contributed by atoms with E-state index >= 15 is 0 Å². The van der Waals surface area contributed by atoms with Crippen LogP contribution >= 0.6 is 0 Å². The molecule has 12 heavy (non-hydrogen) atoms. The molecule has 4 aliphatic rings. The van der Waals surface area contributed by atoms with E-state index in [1.165, 1.54) is 37.8 Å². The second-order valence-corrected chi connectivity index (χ2v) is 4.86. The Kier molecular flexibility index (Phi) is 1.29. The third-order valence-electron chi connectivity index (χ3n) is 4.12. The van der Waals surface area contributed by atoms with Gasteiger partial charge in [0.05, 0.1) is 0 Å². The Balaban J connectivity index is 1.95. The molecule has 0 aromatic rings. The number of nitrogens with zero attached hydrogens (tertiary/aromatic N) is 1. The fourth-order valence-electron chi connectivity index (χ4n) is 3.88. The minimum absolute atomic E-state index is 0.784. The molecule has 2 N–H and O–H groups in total. The van der Waals surface area contributed by atoms with Gasteiger partial charge in [0.2, 0.25) is 0 Å². The smallest absolute Gasteiger partial charge is 0.0438 e. The maximum absolute atomic E-state index is 5.44. The molecule has 4 saturated carbocycles.